The van der Waals surface area contributed by atoms with Crippen molar-refractivity contribution in [3.8, 4) is 0 Å². The van der Waals surface area contributed by atoms with Crippen LogP contribution in [0.5, 0.6) is 0 Å². The van der Waals surface area contributed by atoms with Crippen LogP contribution in [-0.4, -0.2) is 11.1 Å². The summed E-state index contributed by atoms with van der Waals surface area (Å²) < 4.78 is 0. The number of fused-ring (bicyclic) bond motifs is 5. The molecule has 2 nitrogen and oxygen atoms in total. The average molecular weight is 347 g/mol. The van der Waals surface area contributed by atoms with Gasteiger partial charge in [-0.1, -0.05) is 26.7 Å². The fourth-order valence-corrected chi connectivity index (χ4v) is 8.38. The third kappa shape index (κ3) is 2.86. The van der Waals surface area contributed by atoms with Crippen LogP contribution in [-0.2, 0) is 4.79 Å². The molecule has 0 amide bonds. The molecule has 25 heavy (non-hydrogen) atoms. The molecule has 2 heteroatoms. The number of carbonyl (C=O) groups is 1. The summed E-state index contributed by atoms with van der Waals surface area (Å²) >= 11 is 0. The lowest BCUT2D eigenvalue weighted by atomic mass is 9.45. The third-order valence-corrected chi connectivity index (χ3v) is 9.72. The molecular weight excluding hydrogens is 308 g/mol. The Morgan fingerprint density at radius 3 is 2.52 bits per heavy atom. The van der Waals surface area contributed by atoms with Crippen LogP contribution in [0, 0.1) is 40.4 Å². The van der Waals surface area contributed by atoms with Gasteiger partial charge in [-0.3, -0.25) is 4.79 Å². The van der Waals surface area contributed by atoms with Crippen molar-refractivity contribution in [2.24, 2.45) is 40.4 Å². The van der Waals surface area contributed by atoms with Gasteiger partial charge in [0.25, 0.3) is 0 Å². The summed E-state index contributed by atoms with van der Waals surface area (Å²) in [5.74, 6) is 4.08. The zero-order valence-electron chi connectivity index (χ0n) is 16.4. The monoisotopic (exact) mass is 346 g/mol. The van der Waals surface area contributed by atoms with Gasteiger partial charge in [-0.25, -0.2) is 0 Å². The molecule has 0 heterocycles. The van der Waals surface area contributed by atoms with Gasteiger partial charge in [-0.05, 0) is 105 Å². The molecule has 4 aliphatic carbocycles. The van der Waals surface area contributed by atoms with Crippen LogP contribution in [0.1, 0.15) is 97.3 Å². The van der Waals surface area contributed by atoms with E-state index in [1.807, 2.05) is 0 Å². The van der Waals surface area contributed by atoms with Gasteiger partial charge in [0.1, 0.15) is 0 Å². The highest BCUT2D eigenvalue weighted by atomic mass is 16.4. The number of hydrogen-bond acceptors (Lipinski definition) is 1. The highest BCUT2D eigenvalue weighted by molar-refractivity contribution is 5.66. The van der Waals surface area contributed by atoms with Crippen molar-refractivity contribution < 1.29 is 9.90 Å². The first-order chi connectivity index (χ1) is 11.9. The maximum atomic E-state index is 10.9. The van der Waals surface area contributed by atoms with E-state index >= 15 is 0 Å². The first-order valence-electron chi connectivity index (χ1n) is 11.2. The summed E-state index contributed by atoms with van der Waals surface area (Å²) in [5, 5.41) is 8.98. The Kier molecular flexibility index (Phi) is 4.69. The van der Waals surface area contributed by atoms with E-state index in [-0.39, 0.29) is 0 Å². The molecule has 4 aliphatic rings. The number of rotatable bonds is 4. The number of hydrogen-bond donors (Lipinski definition) is 1. The Morgan fingerprint density at radius 2 is 1.72 bits per heavy atom. The Hall–Kier alpha value is -0.530. The molecule has 4 rings (SSSR count). The van der Waals surface area contributed by atoms with Gasteiger partial charge in [-0.2, -0.15) is 0 Å². The largest absolute Gasteiger partial charge is 0.481 e. The molecule has 0 aromatic carbocycles. The van der Waals surface area contributed by atoms with Crippen molar-refractivity contribution in [1.82, 2.24) is 0 Å². The molecule has 4 saturated carbocycles. The van der Waals surface area contributed by atoms with Crippen LogP contribution in [0.4, 0.5) is 0 Å². The second-order valence-corrected chi connectivity index (χ2v) is 10.5. The SMILES string of the molecule is C[C@]12CCC3[C@@H](CC[C@@H]4CCCC[C@]34C)C1CC[C@@H]2CCCC(=O)O. The molecular formula is C23H38O2. The van der Waals surface area contributed by atoms with Gasteiger partial charge in [0.2, 0.25) is 0 Å². The summed E-state index contributed by atoms with van der Waals surface area (Å²) in [4.78, 5) is 10.9. The minimum absolute atomic E-state index is 0.364. The van der Waals surface area contributed by atoms with E-state index in [0.717, 1.165) is 42.4 Å². The van der Waals surface area contributed by atoms with Gasteiger partial charge in [-0.15, -0.1) is 0 Å². The van der Waals surface area contributed by atoms with Gasteiger partial charge < -0.3 is 5.11 Å². The van der Waals surface area contributed by atoms with Crippen molar-refractivity contribution in [2.45, 2.75) is 97.3 Å². The topological polar surface area (TPSA) is 37.3 Å². The lowest BCUT2D eigenvalue weighted by Gasteiger charge is -2.60. The van der Waals surface area contributed by atoms with Crippen molar-refractivity contribution in [2.75, 3.05) is 0 Å². The van der Waals surface area contributed by atoms with Crippen molar-refractivity contribution in [1.29, 1.82) is 0 Å². The summed E-state index contributed by atoms with van der Waals surface area (Å²) in [7, 11) is 0. The Labute approximate surface area is 154 Å². The predicted molar refractivity (Wildman–Crippen MR) is 101 cm³/mol. The van der Waals surface area contributed by atoms with E-state index in [0.29, 0.717) is 17.3 Å². The summed E-state index contributed by atoms with van der Waals surface area (Å²) in [5.41, 5.74) is 1.15. The zero-order chi connectivity index (χ0) is 17.7. The first-order valence-corrected chi connectivity index (χ1v) is 11.2. The maximum absolute atomic E-state index is 10.9. The fraction of sp³-hybridized carbons (Fsp3) is 0.957. The summed E-state index contributed by atoms with van der Waals surface area (Å²) in [6.45, 7) is 5.25. The van der Waals surface area contributed by atoms with Gasteiger partial charge in [0.15, 0.2) is 0 Å². The molecule has 0 aliphatic heterocycles. The Morgan fingerprint density at radius 1 is 0.920 bits per heavy atom. The van der Waals surface area contributed by atoms with E-state index in [2.05, 4.69) is 13.8 Å². The zero-order valence-corrected chi connectivity index (χ0v) is 16.4. The normalized spacial score (nSPS) is 49.1. The third-order valence-electron chi connectivity index (χ3n) is 9.72. The molecule has 0 bridgehead atoms. The summed E-state index contributed by atoms with van der Waals surface area (Å²) in [6.07, 6.45) is 17.0. The molecule has 0 spiro atoms. The molecule has 0 saturated heterocycles. The van der Waals surface area contributed by atoms with Gasteiger partial charge in [0, 0.05) is 6.42 Å². The molecule has 4 fully saturated rings. The van der Waals surface area contributed by atoms with E-state index in [1.54, 1.807) is 0 Å². The lowest BCUT2D eigenvalue weighted by Crippen LogP contribution is -2.52. The second-order valence-electron chi connectivity index (χ2n) is 10.5. The summed E-state index contributed by atoms with van der Waals surface area (Å²) in [6, 6.07) is 0. The van der Waals surface area contributed by atoms with Crippen LogP contribution in [0.3, 0.4) is 0 Å². The Balaban J connectivity index is 1.48. The van der Waals surface area contributed by atoms with Crippen molar-refractivity contribution in [3.63, 3.8) is 0 Å². The van der Waals surface area contributed by atoms with Crippen LogP contribution < -0.4 is 0 Å². The molecule has 0 radical (unpaired) electrons. The molecule has 2 unspecified atom stereocenters. The average Bonchev–Trinajstić information content (AvgIpc) is 2.91. The number of carboxylic acid groups (broad SMARTS) is 1. The van der Waals surface area contributed by atoms with E-state index in [9.17, 15) is 4.79 Å². The van der Waals surface area contributed by atoms with E-state index < -0.39 is 5.97 Å². The van der Waals surface area contributed by atoms with Crippen LogP contribution in [0.15, 0.2) is 0 Å². The first kappa shape index (κ1) is 17.9. The minimum atomic E-state index is -0.619. The number of carboxylic acids is 1. The molecule has 142 valence electrons. The van der Waals surface area contributed by atoms with Crippen molar-refractivity contribution in [3.05, 3.63) is 0 Å². The van der Waals surface area contributed by atoms with Gasteiger partial charge >= 0.3 is 5.97 Å². The second kappa shape index (κ2) is 6.57. The van der Waals surface area contributed by atoms with Gasteiger partial charge in [0.05, 0.1) is 0 Å². The van der Waals surface area contributed by atoms with Crippen LogP contribution >= 0.6 is 0 Å². The maximum Gasteiger partial charge on any atom is 0.303 e. The van der Waals surface area contributed by atoms with Crippen molar-refractivity contribution >= 4 is 5.97 Å². The predicted octanol–water partition coefficient (Wildman–Crippen LogP) is 6.29. The quantitative estimate of drug-likeness (QED) is 0.649. The highest BCUT2D eigenvalue weighted by Crippen LogP contribution is 2.67. The fourth-order valence-electron chi connectivity index (χ4n) is 8.38. The highest BCUT2D eigenvalue weighted by Gasteiger charge is 2.59. The number of aliphatic carboxylic acids is 1. The Bertz CT molecular complexity index is 514. The van der Waals surface area contributed by atoms with E-state index in [4.69, 9.17) is 5.11 Å². The molecule has 0 aromatic heterocycles. The minimum Gasteiger partial charge on any atom is -0.481 e. The lowest BCUT2D eigenvalue weighted by molar-refractivity contribution is -0.137. The molecule has 0 aromatic rings. The molecule has 7 atom stereocenters. The van der Waals surface area contributed by atoms with Crippen LogP contribution in [0.2, 0.25) is 0 Å². The van der Waals surface area contributed by atoms with E-state index in [1.165, 1.54) is 64.2 Å². The molecule has 1 N–H and O–H groups in total. The smallest absolute Gasteiger partial charge is 0.303 e. The van der Waals surface area contributed by atoms with Crippen LogP contribution in [0.25, 0.3) is 0 Å². The standard InChI is InChI=1S/C23H38O2/c1-22-14-4-3-6-16(22)9-11-18-19-12-10-17(7-5-8-21(24)25)23(19,2)15-13-20(18)22/h16-20H,3-15H2,1-2H3,(H,24,25)/t16-,17-,18-,19?,20?,22-,23+/m0/s1.